The molecule has 0 unspecified atom stereocenters. The summed E-state index contributed by atoms with van der Waals surface area (Å²) in [5.41, 5.74) is 4.66. The molecule has 3 nitrogen and oxygen atoms in total. The highest BCUT2D eigenvalue weighted by Gasteiger charge is 2.19. The van der Waals surface area contributed by atoms with Crippen LogP contribution in [-0.2, 0) is 0 Å². The van der Waals surface area contributed by atoms with Gasteiger partial charge < -0.3 is 0 Å². The second-order valence-corrected chi connectivity index (χ2v) is 11.5. The van der Waals surface area contributed by atoms with Crippen molar-refractivity contribution in [1.82, 2.24) is 15.0 Å². The van der Waals surface area contributed by atoms with Crippen LogP contribution in [0.3, 0.4) is 0 Å². The minimum Gasteiger partial charge on any atom is -0.244 e. The quantitative estimate of drug-likeness (QED) is 0.205. The van der Waals surface area contributed by atoms with E-state index >= 15 is 0 Å². The summed E-state index contributed by atoms with van der Waals surface area (Å²) < 4.78 is 2.57. The van der Waals surface area contributed by atoms with Gasteiger partial charge in [-0.15, -0.1) is 11.3 Å². The number of nitrogens with zero attached hydrogens (tertiary/aromatic N) is 3. The number of para-hydroxylation sites is 2. The fraction of sp³-hybridized carbons (Fsp3) is 0. The Labute approximate surface area is 239 Å². The lowest BCUT2D eigenvalue weighted by molar-refractivity contribution is 1.20. The molecular formula is C37H21N3S. The molecule has 9 aromatic rings. The van der Waals surface area contributed by atoms with E-state index in [1.807, 2.05) is 17.4 Å². The smallest absolute Gasteiger partial charge is 0.179 e. The lowest BCUT2D eigenvalue weighted by atomic mass is 9.99. The molecule has 9 rings (SSSR count). The third kappa shape index (κ3) is 3.41. The fourth-order valence-electron chi connectivity index (χ4n) is 6.13. The summed E-state index contributed by atoms with van der Waals surface area (Å²) in [6, 6.07) is 44.8. The molecule has 41 heavy (non-hydrogen) atoms. The van der Waals surface area contributed by atoms with Gasteiger partial charge in [0.2, 0.25) is 0 Å². The van der Waals surface area contributed by atoms with Crippen molar-refractivity contribution in [3.8, 4) is 22.8 Å². The normalized spacial score (nSPS) is 11.9. The van der Waals surface area contributed by atoms with Crippen LogP contribution in [0.25, 0.3) is 86.3 Å². The first-order valence-electron chi connectivity index (χ1n) is 13.7. The van der Waals surface area contributed by atoms with Crippen LogP contribution in [0.15, 0.2) is 127 Å². The molecule has 0 aliphatic heterocycles. The number of aromatic nitrogens is 3. The first-order valence-corrected chi connectivity index (χ1v) is 14.5. The van der Waals surface area contributed by atoms with Crippen LogP contribution in [-0.4, -0.2) is 15.0 Å². The van der Waals surface area contributed by atoms with Gasteiger partial charge in [0.05, 0.1) is 16.7 Å². The first kappa shape index (κ1) is 22.6. The molecule has 3 aromatic heterocycles. The van der Waals surface area contributed by atoms with E-state index in [1.165, 1.54) is 36.3 Å². The van der Waals surface area contributed by atoms with Crippen molar-refractivity contribution in [2.75, 3.05) is 0 Å². The van der Waals surface area contributed by atoms with Gasteiger partial charge in [0.1, 0.15) is 5.69 Å². The third-order valence-corrected chi connectivity index (χ3v) is 9.25. The summed E-state index contributed by atoms with van der Waals surface area (Å²) in [6.07, 6.45) is 0. The second-order valence-electron chi connectivity index (χ2n) is 10.4. The largest absolute Gasteiger partial charge is 0.244 e. The van der Waals surface area contributed by atoms with Crippen molar-refractivity contribution >= 4 is 74.9 Å². The number of hydrogen-bond donors (Lipinski definition) is 0. The Morgan fingerprint density at radius 2 is 1.12 bits per heavy atom. The van der Waals surface area contributed by atoms with E-state index in [9.17, 15) is 0 Å². The van der Waals surface area contributed by atoms with Crippen LogP contribution in [0.2, 0.25) is 0 Å². The van der Waals surface area contributed by atoms with Crippen LogP contribution in [0.1, 0.15) is 0 Å². The molecule has 0 aliphatic rings. The molecule has 4 heteroatoms. The lowest BCUT2D eigenvalue weighted by Gasteiger charge is -2.13. The maximum absolute atomic E-state index is 5.26. The summed E-state index contributed by atoms with van der Waals surface area (Å²) in [4.78, 5) is 15.6. The summed E-state index contributed by atoms with van der Waals surface area (Å²) in [7, 11) is 0. The maximum Gasteiger partial charge on any atom is 0.179 e. The Kier molecular flexibility index (Phi) is 4.77. The van der Waals surface area contributed by atoms with E-state index < -0.39 is 0 Å². The first-order chi connectivity index (χ1) is 20.3. The van der Waals surface area contributed by atoms with E-state index in [0.717, 1.165) is 44.1 Å². The third-order valence-electron chi connectivity index (χ3n) is 8.05. The molecule has 190 valence electrons. The minimum atomic E-state index is 0.642. The molecule has 0 N–H and O–H groups in total. The molecule has 0 saturated carbocycles. The zero-order valence-electron chi connectivity index (χ0n) is 21.9. The van der Waals surface area contributed by atoms with Crippen molar-refractivity contribution in [3.05, 3.63) is 127 Å². The Bertz CT molecular complexity index is 2490. The summed E-state index contributed by atoms with van der Waals surface area (Å²) in [6.45, 7) is 0. The van der Waals surface area contributed by atoms with Gasteiger partial charge in [-0.25, -0.2) is 15.0 Å². The van der Waals surface area contributed by atoms with Gasteiger partial charge in [-0.1, -0.05) is 103 Å². The molecule has 0 atom stereocenters. The van der Waals surface area contributed by atoms with E-state index in [4.69, 9.17) is 15.0 Å². The molecule has 0 bridgehead atoms. The highest BCUT2D eigenvalue weighted by Crippen LogP contribution is 2.43. The monoisotopic (exact) mass is 539 g/mol. The molecule has 3 heterocycles. The predicted octanol–water partition coefficient (Wildman–Crippen LogP) is 10.2. The Balaban J connectivity index is 1.39. The van der Waals surface area contributed by atoms with Gasteiger partial charge in [0, 0.05) is 47.3 Å². The highest BCUT2D eigenvalue weighted by atomic mass is 32.1. The molecule has 0 saturated heterocycles. The maximum atomic E-state index is 5.26. The van der Waals surface area contributed by atoms with Gasteiger partial charge in [0.15, 0.2) is 5.82 Å². The molecule has 6 aromatic carbocycles. The van der Waals surface area contributed by atoms with Crippen LogP contribution >= 0.6 is 11.3 Å². The number of fused-ring (bicyclic) bond motifs is 9. The average molecular weight is 540 g/mol. The Morgan fingerprint density at radius 3 is 2.00 bits per heavy atom. The lowest BCUT2D eigenvalue weighted by Crippen LogP contribution is -1.98. The molecule has 0 radical (unpaired) electrons. The fourth-order valence-corrected chi connectivity index (χ4v) is 7.39. The Hall–Kier alpha value is -5.19. The molecular weight excluding hydrogens is 518 g/mol. The number of hydrogen-bond acceptors (Lipinski definition) is 4. The van der Waals surface area contributed by atoms with Crippen molar-refractivity contribution in [2.24, 2.45) is 0 Å². The number of thiophene rings is 1. The predicted molar refractivity (Wildman–Crippen MR) is 174 cm³/mol. The summed E-state index contributed by atoms with van der Waals surface area (Å²) in [5, 5.41) is 9.44. The van der Waals surface area contributed by atoms with Gasteiger partial charge in [-0.3, -0.25) is 0 Å². The standard InChI is InChI=1S/C37H21N3S/c1-2-10-23-21-24(18-17-22(23)9-1)34-28-13-4-7-15-31(28)39-37(40-34)35-29-20-19-26-25-11-5-8-16-32(25)41-36(26)33(29)27-12-3-6-14-30(27)38-35/h1-21H. The number of pyridine rings is 1. The molecule has 0 amide bonds. The van der Waals surface area contributed by atoms with Crippen LogP contribution in [0.4, 0.5) is 0 Å². The van der Waals surface area contributed by atoms with Crippen molar-refractivity contribution in [2.45, 2.75) is 0 Å². The molecule has 0 aliphatic carbocycles. The van der Waals surface area contributed by atoms with E-state index in [2.05, 4.69) is 121 Å². The molecule has 0 spiro atoms. The van der Waals surface area contributed by atoms with Gasteiger partial charge >= 0.3 is 0 Å². The minimum absolute atomic E-state index is 0.642. The second kappa shape index (κ2) is 8.65. The van der Waals surface area contributed by atoms with Crippen LogP contribution in [0, 0.1) is 0 Å². The SMILES string of the molecule is c1ccc2cc(-c3nc(-c4nc5ccccc5c5c4ccc4c6ccccc6sc45)nc4ccccc34)ccc2c1. The van der Waals surface area contributed by atoms with Crippen molar-refractivity contribution in [3.63, 3.8) is 0 Å². The summed E-state index contributed by atoms with van der Waals surface area (Å²) in [5.74, 6) is 0.642. The van der Waals surface area contributed by atoms with Gasteiger partial charge in [-0.05, 0) is 35.0 Å². The number of benzene rings is 6. The van der Waals surface area contributed by atoms with Gasteiger partial charge in [0.25, 0.3) is 0 Å². The van der Waals surface area contributed by atoms with Gasteiger partial charge in [-0.2, -0.15) is 0 Å². The van der Waals surface area contributed by atoms with E-state index in [-0.39, 0.29) is 0 Å². The van der Waals surface area contributed by atoms with Crippen molar-refractivity contribution in [1.29, 1.82) is 0 Å². The summed E-state index contributed by atoms with van der Waals surface area (Å²) >= 11 is 1.84. The highest BCUT2D eigenvalue weighted by molar-refractivity contribution is 7.26. The number of rotatable bonds is 2. The zero-order valence-corrected chi connectivity index (χ0v) is 22.7. The van der Waals surface area contributed by atoms with Crippen LogP contribution < -0.4 is 0 Å². The zero-order chi connectivity index (χ0) is 26.9. The van der Waals surface area contributed by atoms with Crippen molar-refractivity contribution < 1.29 is 0 Å². The molecule has 0 fully saturated rings. The average Bonchev–Trinajstić information content (AvgIpc) is 3.42. The topological polar surface area (TPSA) is 38.7 Å². The van der Waals surface area contributed by atoms with E-state index in [0.29, 0.717) is 5.82 Å². The van der Waals surface area contributed by atoms with Crippen LogP contribution in [0.5, 0.6) is 0 Å². The van der Waals surface area contributed by atoms with E-state index in [1.54, 1.807) is 0 Å². The Morgan fingerprint density at radius 1 is 0.439 bits per heavy atom.